The highest BCUT2D eigenvalue weighted by molar-refractivity contribution is 6.05. The van der Waals surface area contributed by atoms with Gasteiger partial charge < -0.3 is 4.90 Å². The molecule has 0 N–H and O–H groups in total. The molecule has 3 nitrogen and oxygen atoms in total. The Hall–Kier alpha value is -6.06. The summed E-state index contributed by atoms with van der Waals surface area (Å²) in [5.74, 6) is 0.162. The molecular weight excluding hydrogens is 631 g/mol. The Morgan fingerprint density at radius 3 is 1.94 bits per heavy atom. The third-order valence-corrected chi connectivity index (χ3v) is 10.0. The highest BCUT2D eigenvalue weighted by atomic mass is 15.1. The van der Waals surface area contributed by atoms with Crippen LogP contribution in [-0.4, -0.2) is 36.0 Å². The molecule has 0 aliphatic carbocycles. The summed E-state index contributed by atoms with van der Waals surface area (Å²) in [4.78, 5) is 12.4. The second kappa shape index (κ2) is 15.9. The van der Waals surface area contributed by atoms with Crippen LogP contribution >= 0.6 is 0 Å². The van der Waals surface area contributed by atoms with Gasteiger partial charge >= 0.3 is 0 Å². The van der Waals surface area contributed by atoms with Crippen LogP contribution in [0.15, 0.2) is 209 Å². The molecule has 0 fully saturated rings. The summed E-state index contributed by atoms with van der Waals surface area (Å²) in [6.45, 7) is 9.11. The number of nitrogens with zero attached hydrogens (tertiary/aromatic N) is 3. The molecule has 0 spiro atoms. The van der Waals surface area contributed by atoms with Crippen molar-refractivity contribution in [3.8, 4) is 0 Å². The fraction of sp³-hybridized carbons (Fsp3) is 0.143. The van der Waals surface area contributed by atoms with Gasteiger partial charge in [-0.1, -0.05) is 146 Å². The Kier molecular flexibility index (Phi) is 10.5. The Morgan fingerprint density at radius 2 is 1.31 bits per heavy atom. The molecule has 3 aliphatic rings. The van der Waals surface area contributed by atoms with Gasteiger partial charge in [0, 0.05) is 37.5 Å². The predicted molar refractivity (Wildman–Crippen MR) is 222 cm³/mol. The smallest absolute Gasteiger partial charge is 0.0727 e. The molecule has 52 heavy (non-hydrogen) atoms. The van der Waals surface area contributed by atoms with Gasteiger partial charge in [0.15, 0.2) is 0 Å². The van der Waals surface area contributed by atoms with Gasteiger partial charge in [-0.15, -0.1) is 0 Å². The lowest BCUT2D eigenvalue weighted by Crippen LogP contribution is -2.29. The second-order valence-electron chi connectivity index (χ2n) is 13.7. The van der Waals surface area contributed by atoms with Crippen molar-refractivity contribution in [3.05, 3.63) is 221 Å². The third kappa shape index (κ3) is 7.95. The fourth-order valence-electron chi connectivity index (χ4n) is 7.06. The number of allylic oxidation sites excluding steroid dienone is 8. The summed E-state index contributed by atoms with van der Waals surface area (Å²) in [5.41, 5.74) is 13.6. The van der Waals surface area contributed by atoms with Gasteiger partial charge in [0.05, 0.1) is 17.8 Å². The normalized spacial score (nSPS) is 20.6. The zero-order chi connectivity index (χ0) is 35.9. The number of likely N-dealkylation sites (N-methyl/N-ethyl adjacent to an activating group) is 1. The number of aliphatic imine (C=N–C) groups is 2. The molecule has 4 aromatic carbocycles. The van der Waals surface area contributed by atoms with Crippen molar-refractivity contribution in [2.75, 3.05) is 7.05 Å². The predicted octanol–water partition coefficient (Wildman–Crippen LogP) is 11.4. The molecule has 2 unspecified atom stereocenters. The summed E-state index contributed by atoms with van der Waals surface area (Å²) >= 11 is 0. The number of benzene rings is 4. The zero-order valence-corrected chi connectivity index (χ0v) is 30.2. The molecule has 256 valence electrons. The average molecular weight is 676 g/mol. The molecule has 0 saturated heterocycles. The van der Waals surface area contributed by atoms with E-state index in [0.717, 1.165) is 51.2 Å². The summed E-state index contributed by atoms with van der Waals surface area (Å²) in [5, 5.41) is 0. The minimum atomic E-state index is -0.0358. The van der Waals surface area contributed by atoms with E-state index in [1.54, 1.807) is 0 Å². The van der Waals surface area contributed by atoms with Crippen LogP contribution in [0, 0.1) is 5.92 Å². The first-order chi connectivity index (χ1) is 25.4. The van der Waals surface area contributed by atoms with Crippen LogP contribution in [0.4, 0.5) is 0 Å². The largest absolute Gasteiger partial charge is 0.370 e. The van der Waals surface area contributed by atoms with Gasteiger partial charge in [0.1, 0.15) is 0 Å². The molecule has 3 aliphatic heterocycles. The maximum absolute atomic E-state index is 5.21. The van der Waals surface area contributed by atoms with Gasteiger partial charge in [-0.2, -0.15) is 0 Å². The Balaban J connectivity index is 1.32. The second-order valence-corrected chi connectivity index (χ2v) is 13.7. The van der Waals surface area contributed by atoms with E-state index >= 15 is 0 Å². The highest BCUT2D eigenvalue weighted by Gasteiger charge is 2.24. The highest BCUT2D eigenvalue weighted by Crippen LogP contribution is 2.35. The van der Waals surface area contributed by atoms with Crippen molar-refractivity contribution >= 4 is 28.8 Å². The molecular formula is C49H45N3. The van der Waals surface area contributed by atoms with E-state index in [0.29, 0.717) is 0 Å². The van der Waals surface area contributed by atoms with E-state index < -0.39 is 0 Å². The van der Waals surface area contributed by atoms with Crippen LogP contribution in [0.25, 0.3) is 16.8 Å². The molecule has 0 bridgehead atoms. The minimum absolute atomic E-state index is 0.00958. The van der Waals surface area contributed by atoms with Crippen molar-refractivity contribution in [2.45, 2.75) is 32.4 Å². The summed E-state index contributed by atoms with van der Waals surface area (Å²) < 4.78 is 0. The van der Waals surface area contributed by atoms with E-state index in [1.807, 2.05) is 6.21 Å². The average Bonchev–Trinajstić information content (AvgIpc) is 3.40. The van der Waals surface area contributed by atoms with Crippen LogP contribution in [0.2, 0.25) is 0 Å². The van der Waals surface area contributed by atoms with E-state index in [9.17, 15) is 0 Å². The molecule has 4 aromatic rings. The van der Waals surface area contributed by atoms with Gasteiger partial charge in [-0.3, -0.25) is 9.98 Å². The van der Waals surface area contributed by atoms with Crippen molar-refractivity contribution in [3.63, 3.8) is 0 Å². The standard InChI is InChI=1S/C49H45N3/c1-35(44-32-47(40-21-13-7-14-22-40)51-48(33-44)41-23-15-8-16-24-41)29-45(49-34-43(26-28-52(49)4)39-19-11-6-12-20-39)30-36(2)46-31-42(25-27-50-37(46)3)38-17-9-5-10-18-38/h5-32,34,37,44,49H,2,33H2,1,3-4H3/b35-29+,45-30+/t37-,44?,49?/m0/s1. The molecule has 7 rings (SSSR count). The van der Waals surface area contributed by atoms with E-state index in [1.165, 1.54) is 22.3 Å². The molecule has 3 heterocycles. The Labute approximate surface area is 309 Å². The van der Waals surface area contributed by atoms with Crippen molar-refractivity contribution in [2.24, 2.45) is 15.9 Å². The molecule has 0 aromatic heterocycles. The molecule has 3 heteroatoms. The first kappa shape index (κ1) is 34.4. The maximum Gasteiger partial charge on any atom is 0.0727 e. The summed E-state index contributed by atoms with van der Waals surface area (Å²) in [6.07, 6.45) is 20.9. The van der Waals surface area contributed by atoms with Gasteiger partial charge in [0.25, 0.3) is 0 Å². The third-order valence-electron chi connectivity index (χ3n) is 10.0. The lowest BCUT2D eigenvalue weighted by atomic mass is 9.85. The van der Waals surface area contributed by atoms with E-state index in [2.05, 4.69) is 196 Å². The van der Waals surface area contributed by atoms with E-state index in [-0.39, 0.29) is 18.0 Å². The summed E-state index contributed by atoms with van der Waals surface area (Å²) in [7, 11) is 2.15. The lowest BCUT2D eigenvalue weighted by Gasteiger charge is -2.31. The molecule has 3 atom stereocenters. The van der Waals surface area contributed by atoms with Gasteiger partial charge in [-0.25, -0.2) is 0 Å². The number of hydrogen-bond acceptors (Lipinski definition) is 3. The van der Waals surface area contributed by atoms with Crippen LogP contribution in [-0.2, 0) is 0 Å². The van der Waals surface area contributed by atoms with Crippen molar-refractivity contribution in [1.82, 2.24) is 4.90 Å². The zero-order valence-electron chi connectivity index (χ0n) is 30.2. The maximum atomic E-state index is 5.21. The summed E-state index contributed by atoms with van der Waals surface area (Å²) in [6, 6.07) is 42.2. The van der Waals surface area contributed by atoms with Crippen molar-refractivity contribution in [1.29, 1.82) is 0 Å². The van der Waals surface area contributed by atoms with Crippen LogP contribution < -0.4 is 0 Å². The molecule has 0 radical (unpaired) electrons. The Morgan fingerprint density at radius 1 is 0.731 bits per heavy atom. The van der Waals surface area contributed by atoms with Crippen LogP contribution in [0.5, 0.6) is 0 Å². The van der Waals surface area contributed by atoms with Crippen molar-refractivity contribution < 1.29 is 0 Å². The molecule has 0 amide bonds. The monoisotopic (exact) mass is 675 g/mol. The first-order valence-corrected chi connectivity index (χ1v) is 18.1. The quantitative estimate of drug-likeness (QED) is 0.162. The number of rotatable bonds is 9. The van der Waals surface area contributed by atoms with Gasteiger partial charge in [0.2, 0.25) is 0 Å². The number of hydrogen-bond donors (Lipinski definition) is 0. The molecule has 0 saturated carbocycles. The SMILES string of the molecule is C=C(/C=C(\C=C(/C)C1C=C(c2ccccc2)N=C(c2ccccc2)C1)C1C=C(c2ccccc2)C=CN1C)C1=CC(c2ccccc2)=CC=N[C@H]1C. The Bertz CT molecular complexity index is 2190. The van der Waals surface area contributed by atoms with Crippen LogP contribution in [0.1, 0.15) is 42.5 Å². The topological polar surface area (TPSA) is 28.0 Å². The minimum Gasteiger partial charge on any atom is -0.370 e. The lowest BCUT2D eigenvalue weighted by molar-refractivity contribution is 0.424. The van der Waals surface area contributed by atoms with Gasteiger partial charge in [-0.05, 0) is 94.3 Å². The fourth-order valence-corrected chi connectivity index (χ4v) is 7.06. The van der Waals surface area contributed by atoms with E-state index in [4.69, 9.17) is 16.6 Å². The first-order valence-electron chi connectivity index (χ1n) is 18.1. The van der Waals surface area contributed by atoms with Crippen LogP contribution in [0.3, 0.4) is 0 Å².